The first kappa shape index (κ1) is 22.1. The molecule has 0 aliphatic heterocycles. The second kappa shape index (κ2) is 14.7. The molecule has 0 bridgehead atoms. The summed E-state index contributed by atoms with van der Waals surface area (Å²) >= 11 is 0. The molecular weight excluding hydrogens is 318 g/mol. The molecule has 2 amide bonds. The summed E-state index contributed by atoms with van der Waals surface area (Å²) in [7, 11) is 0. The predicted octanol–water partition coefficient (Wildman–Crippen LogP) is -0.0307. The van der Waals surface area contributed by atoms with Crippen LogP contribution < -0.4 is 10.6 Å². The molecule has 0 aliphatic carbocycles. The summed E-state index contributed by atoms with van der Waals surface area (Å²) in [4.78, 5) is 25.7. The number of hydrogen-bond acceptors (Lipinski definition) is 6. The molecule has 0 saturated heterocycles. The predicted molar refractivity (Wildman–Crippen MR) is 87.1 cm³/mol. The minimum absolute atomic E-state index is 0.106. The molecule has 24 heavy (non-hydrogen) atoms. The van der Waals surface area contributed by atoms with Gasteiger partial charge in [0.05, 0.1) is 19.3 Å². The number of aliphatic hydroxyl groups excluding tert-OH is 1. The zero-order valence-corrected chi connectivity index (χ0v) is 14.2. The van der Waals surface area contributed by atoms with Crippen LogP contribution in [0.4, 0.5) is 0 Å². The zero-order valence-electron chi connectivity index (χ0n) is 14.2. The highest BCUT2D eigenvalue weighted by molar-refractivity contribution is 5.79. The van der Waals surface area contributed by atoms with E-state index in [2.05, 4.69) is 20.7 Å². The number of amides is 2. The van der Waals surface area contributed by atoms with E-state index in [1.54, 1.807) is 0 Å². The van der Waals surface area contributed by atoms with Crippen molar-refractivity contribution in [2.75, 3.05) is 46.1 Å². The molecule has 0 aromatic heterocycles. The van der Waals surface area contributed by atoms with Crippen molar-refractivity contribution < 1.29 is 24.2 Å². The van der Waals surface area contributed by atoms with Gasteiger partial charge < -0.3 is 25.2 Å². The van der Waals surface area contributed by atoms with Gasteiger partial charge in [-0.2, -0.15) is 0 Å². The van der Waals surface area contributed by atoms with Gasteiger partial charge in [0, 0.05) is 24.6 Å². The Labute approximate surface area is 141 Å². The van der Waals surface area contributed by atoms with Crippen LogP contribution in [0.1, 0.15) is 20.3 Å². The number of ether oxygens (including phenoxy) is 2. The van der Waals surface area contributed by atoms with Crippen LogP contribution in [0, 0.1) is 5.92 Å². The van der Waals surface area contributed by atoms with E-state index >= 15 is 0 Å². The molecule has 138 valence electrons. The lowest BCUT2D eigenvalue weighted by Crippen LogP contribution is -2.43. The lowest BCUT2D eigenvalue weighted by atomic mass is 10.1. The molecule has 0 rings (SSSR count). The van der Waals surface area contributed by atoms with Gasteiger partial charge in [-0.1, -0.05) is 19.0 Å². The zero-order chi connectivity index (χ0) is 18.2. The Morgan fingerprint density at radius 3 is 2.54 bits per heavy atom. The Balaban J connectivity index is 3.58. The highest BCUT2D eigenvalue weighted by Crippen LogP contribution is 1.99. The van der Waals surface area contributed by atoms with Crippen molar-refractivity contribution in [2.45, 2.75) is 26.3 Å². The van der Waals surface area contributed by atoms with Gasteiger partial charge in [-0.25, -0.2) is 0 Å². The number of hydrogen-bond donors (Lipinski definition) is 3. The van der Waals surface area contributed by atoms with Crippen LogP contribution in [0.3, 0.4) is 0 Å². The molecule has 0 saturated carbocycles. The molecule has 1 unspecified atom stereocenters. The van der Waals surface area contributed by atoms with Crippen molar-refractivity contribution in [1.82, 2.24) is 10.6 Å². The highest BCUT2D eigenvalue weighted by Gasteiger charge is 2.15. The topological polar surface area (TPSA) is 146 Å². The Kier molecular flexibility index (Phi) is 13.6. The van der Waals surface area contributed by atoms with E-state index in [1.165, 1.54) is 0 Å². The SMILES string of the molecule is CC(C)C(CO)NC(=O)COCC(=O)NCCOCCCN=[N+]=[N-]. The normalized spacial score (nSPS) is 11.7. The minimum atomic E-state index is -0.376. The molecule has 0 aromatic rings. The van der Waals surface area contributed by atoms with E-state index in [4.69, 9.17) is 20.1 Å². The average molecular weight is 345 g/mol. The fourth-order valence-electron chi connectivity index (χ4n) is 1.61. The van der Waals surface area contributed by atoms with Crippen molar-refractivity contribution >= 4 is 11.8 Å². The van der Waals surface area contributed by atoms with Crippen LogP contribution in [0.2, 0.25) is 0 Å². The Morgan fingerprint density at radius 2 is 1.92 bits per heavy atom. The van der Waals surface area contributed by atoms with E-state index in [0.29, 0.717) is 32.7 Å². The van der Waals surface area contributed by atoms with Gasteiger partial charge in [-0.15, -0.1) is 0 Å². The summed E-state index contributed by atoms with van der Waals surface area (Å²) in [6.45, 7) is 4.66. The summed E-state index contributed by atoms with van der Waals surface area (Å²) < 4.78 is 10.2. The lowest BCUT2D eigenvalue weighted by molar-refractivity contribution is -0.131. The fourth-order valence-corrected chi connectivity index (χ4v) is 1.61. The molecule has 0 aliphatic rings. The molecule has 0 fully saturated rings. The molecule has 10 nitrogen and oxygen atoms in total. The first-order chi connectivity index (χ1) is 11.5. The van der Waals surface area contributed by atoms with Crippen molar-refractivity contribution in [3.05, 3.63) is 10.4 Å². The number of aliphatic hydroxyl groups is 1. The van der Waals surface area contributed by atoms with Crippen molar-refractivity contribution in [3.63, 3.8) is 0 Å². The summed E-state index contributed by atoms with van der Waals surface area (Å²) in [6.07, 6.45) is 0.626. The maximum atomic E-state index is 11.6. The molecule has 10 heteroatoms. The van der Waals surface area contributed by atoms with Crippen molar-refractivity contribution in [2.24, 2.45) is 11.0 Å². The first-order valence-electron chi connectivity index (χ1n) is 7.84. The molecular formula is C14H27N5O5. The quantitative estimate of drug-likeness (QED) is 0.175. The molecule has 1 atom stereocenters. The van der Waals surface area contributed by atoms with Gasteiger partial charge in [0.15, 0.2) is 0 Å². The second-order valence-electron chi connectivity index (χ2n) is 5.36. The van der Waals surface area contributed by atoms with Gasteiger partial charge in [0.2, 0.25) is 11.8 Å². The highest BCUT2D eigenvalue weighted by atomic mass is 16.5. The summed E-state index contributed by atoms with van der Waals surface area (Å²) in [5, 5.41) is 17.7. The number of rotatable bonds is 14. The number of nitrogens with one attached hydrogen (secondary N) is 2. The third kappa shape index (κ3) is 12.7. The molecule has 0 aromatic carbocycles. The third-order valence-electron chi connectivity index (χ3n) is 2.99. The minimum Gasteiger partial charge on any atom is -0.394 e. The van der Waals surface area contributed by atoms with Crippen molar-refractivity contribution in [3.8, 4) is 0 Å². The van der Waals surface area contributed by atoms with Crippen LogP contribution in [0.5, 0.6) is 0 Å². The Morgan fingerprint density at radius 1 is 1.21 bits per heavy atom. The van der Waals surface area contributed by atoms with E-state index in [1.807, 2.05) is 13.8 Å². The van der Waals surface area contributed by atoms with Crippen LogP contribution in [0.25, 0.3) is 10.4 Å². The van der Waals surface area contributed by atoms with E-state index in [9.17, 15) is 9.59 Å². The van der Waals surface area contributed by atoms with Gasteiger partial charge in [-0.05, 0) is 17.9 Å². The van der Waals surface area contributed by atoms with E-state index in [0.717, 1.165) is 0 Å². The summed E-state index contributed by atoms with van der Waals surface area (Å²) in [5.41, 5.74) is 8.07. The standard InChI is InChI=1S/C14H27N5O5/c1-11(2)12(8-20)18-14(22)10-24-9-13(21)16-5-7-23-6-3-4-17-19-15/h11-12,20H,3-10H2,1-2H3,(H,16,21)(H,18,22). The van der Waals surface area contributed by atoms with Crippen LogP contribution >= 0.6 is 0 Å². The fraction of sp³-hybridized carbons (Fsp3) is 0.857. The van der Waals surface area contributed by atoms with E-state index in [-0.39, 0.29) is 43.6 Å². The van der Waals surface area contributed by atoms with E-state index < -0.39 is 0 Å². The molecule has 3 N–H and O–H groups in total. The number of azide groups is 1. The van der Waals surface area contributed by atoms with Crippen LogP contribution in [-0.4, -0.2) is 69.1 Å². The largest absolute Gasteiger partial charge is 0.394 e. The third-order valence-corrected chi connectivity index (χ3v) is 2.99. The first-order valence-corrected chi connectivity index (χ1v) is 7.84. The maximum Gasteiger partial charge on any atom is 0.246 e. The number of nitrogens with zero attached hydrogens (tertiary/aromatic N) is 3. The average Bonchev–Trinajstić information content (AvgIpc) is 2.54. The van der Waals surface area contributed by atoms with Crippen molar-refractivity contribution in [1.29, 1.82) is 0 Å². The monoisotopic (exact) mass is 345 g/mol. The van der Waals surface area contributed by atoms with Gasteiger partial charge in [0.1, 0.15) is 13.2 Å². The van der Waals surface area contributed by atoms with Crippen LogP contribution in [-0.2, 0) is 19.1 Å². The second-order valence-corrected chi connectivity index (χ2v) is 5.36. The summed E-state index contributed by atoms with van der Waals surface area (Å²) in [6, 6.07) is -0.328. The molecule has 0 radical (unpaired) electrons. The lowest BCUT2D eigenvalue weighted by Gasteiger charge is -2.19. The van der Waals surface area contributed by atoms with Gasteiger partial charge in [-0.3, -0.25) is 9.59 Å². The summed E-state index contributed by atoms with van der Waals surface area (Å²) in [5.74, 6) is -0.615. The maximum absolute atomic E-state index is 11.6. The Bertz CT molecular complexity index is 412. The molecule has 0 heterocycles. The van der Waals surface area contributed by atoms with Gasteiger partial charge in [0.25, 0.3) is 0 Å². The smallest absolute Gasteiger partial charge is 0.246 e. The van der Waals surface area contributed by atoms with Gasteiger partial charge >= 0.3 is 0 Å². The molecule has 0 spiro atoms. The number of carbonyl (C=O) groups excluding carboxylic acids is 2. The Hall–Kier alpha value is -1.87. The number of carbonyl (C=O) groups is 2. The van der Waals surface area contributed by atoms with Crippen LogP contribution in [0.15, 0.2) is 5.11 Å².